The quantitative estimate of drug-likeness (QED) is 0.355. The van der Waals surface area contributed by atoms with E-state index in [2.05, 4.69) is 29.4 Å². The number of nitrogens with one attached hydrogen (secondary N) is 2. The van der Waals surface area contributed by atoms with Crippen LogP contribution in [0.1, 0.15) is 58.9 Å². The van der Waals surface area contributed by atoms with Gasteiger partial charge in [0.25, 0.3) is 0 Å². The SMILES string of the molecule is CC[C@@H](CO)N1C(=O)[C@@H]2[C@H](C(=O)NCc3ccccc3)[C@]3(CC)CCC2(O3)C1C(=O)Nc1ccc(N(CC)CC)cc1. The Hall–Kier alpha value is -3.43. The molecule has 0 radical (unpaired) electrons. The lowest BCUT2D eigenvalue weighted by Gasteiger charge is -2.37. The van der Waals surface area contributed by atoms with Gasteiger partial charge in [-0.3, -0.25) is 14.4 Å². The van der Waals surface area contributed by atoms with Gasteiger partial charge in [0.15, 0.2) is 0 Å². The molecule has 9 nitrogen and oxygen atoms in total. The first-order valence-electron chi connectivity index (χ1n) is 15.4. The predicted octanol–water partition coefficient (Wildman–Crippen LogP) is 3.71. The van der Waals surface area contributed by atoms with Crippen molar-refractivity contribution < 1.29 is 24.2 Å². The van der Waals surface area contributed by atoms with Crippen LogP contribution in [0.3, 0.4) is 0 Å². The van der Waals surface area contributed by atoms with Crippen molar-refractivity contribution in [1.82, 2.24) is 10.2 Å². The van der Waals surface area contributed by atoms with Gasteiger partial charge in [-0.1, -0.05) is 44.2 Å². The summed E-state index contributed by atoms with van der Waals surface area (Å²) < 4.78 is 6.82. The number of carbonyl (C=O) groups is 3. The minimum Gasteiger partial charge on any atom is -0.394 e. The van der Waals surface area contributed by atoms with Crippen LogP contribution < -0.4 is 15.5 Å². The highest BCUT2D eigenvalue weighted by Gasteiger charge is 2.79. The van der Waals surface area contributed by atoms with Gasteiger partial charge in [-0.2, -0.15) is 0 Å². The maximum absolute atomic E-state index is 14.3. The predicted molar refractivity (Wildman–Crippen MR) is 162 cm³/mol. The maximum atomic E-state index is 14.3. The molecule has 42 heavy (non-hydrogen) atoms. The largest absolute Gasteiger partial charge is 0.394 e. The van der Waals surface area contributed by atoms with E-state index in [4.69, 9.17) is 4.74 Å². The van der Waals surface area contributed by atoms with Gasteiger partial charge in [-0.05, 0) is 69.4 Å². The van der Waals surface area contributed by atoms with Crippen molar-refractivity contribution in [2.75, 3.05) is 29.9 Å². The highest BCUT2D eigenvalue weighted by molar-refractivity contribution is 6.04. The number of aliphatic hydroxyl groups is 1. The molecule has 0 aliphatic carbocycles. The number of ether oxygens (including phenoxy) is 1. The number of anilines is 2. The second kappa shape index (κ2) is 12.1. The Morgan fingerprint density at radius 2 is 1.71 bits per heavy atom. The minimum atomic E-state index is -1.14. The number of benzene rings is 2. The molecule has 5 rings (SSSR count). The van der Waals surface area contributed by atoms with Crippen molar-refractivity contribution in [3.05, 3.63) is 60.2 Å². The van der Waals surface area contributed by atoms with Crippen LogP contribution in [0.4, 0.5) is 11.4 Å². The van der Waals surface area contributed by atoms with Crippen molar-refractivity contribution in [2.45, 2.75) is 83.2 Å². The molecule has 1 spiro atoms. The van der Waals surface area contributed by atoms with Crippen LogP contribution in [0.25, 0.3) is 0 Å². The third-order valence-electron chi connectivity index (χ3n) is 9.80. The van der Waals surface area contributed by atoms with Crippen molar-refractivity contribution in [1.29, 1.82) is 0 Å². The van der Waals surface area contributed by atoms with Crippen molar-refractivity contribution in [3.63, 3.8) is 0 Å². The Morgan fingerprint density at radius 1 is 1.02 bits per heavy atom. The number of hydrogen-bond acceptors (Lipinski definition) is 6. The summed E-state index contributed by atoms with van der Waals surface area (Å²) in [5, 5.41) is 16.4. The van der Waals surface area contributed by atoms with E-state index in [0.29, 0.717) is 37.9 Å². The molecule has 226 valence electrons. The number of rotatable bonds is 12. The molecule has 3 heterocycles. The smallest absolute Gasteiger partial charge is 0.250 e. The number of amides is 3. The summed E-state index contributed by atoms with van der Waals surface area (Å²) in [6, 6.07) is 15.8. The van der Waals surface area contributed by atoms with E-state index in [9.17, 15) is 19.5 Å². The molecule has 2 aromatic carbocycles. The fourth-order valence-electron chi connectivity index (χ4n) is 7.61. The summed E-state index contributed by atoms with van der Waals surface area (Å²) in [7, 11) is 0. The Morgan fingerprint density at radius 3 is 2.31 bits per heavy atom. The number of carbonyl (C=O) groups excluding carboxylic acids is 3. The van der Waals surface area contributed by atoms with E-state index < -0.39 is 35.1 Å². The molecule has 3 saturated heterocycles. The zero-order chi connectivity index (χ0) is 30.1. The van der Waals surface area contributed by atoms with Crippen LogP contribution in [-0.2, 0) is 25.7 Å². The van der Waals surface area contributed by atoms with Gasteiger partial charge in [-0.25, -0.2) is 0 Å². The number of likely N-dealkylation sites (tertiary alicyclic amines) is 1. The maximum Gasteiger partial charge on any atom is 0.250 e. The minimum absolute atomic E-state index is 0.231. The molecule has 0 aromatic heterocycles. The lowest BCUT2D eigenvalue weighted by molar-refractivity contribution is -0.149. The molecular weight excluding hydrogens is 532 g/mol. The van der Waals surface area contributed by atoms with E-state index in [1.54, 1.807) is 0 Å². The molecule has 2 bridgehead atoms. The van der Waals surface area contributed by atoms with E-state index in [1.165, 1.54) is 4.90 Å². The van der Waals surface area contributed by atoms with Crippen LogP contribution in [-0.4, -0.2) is 70.7 Å². The third-order valence-corrected chi connectivity index (χ3v) is 9.80. The average molecular weight is 577 g/mol. The molecule has 9 heteroatoms. The standard InChI is InChI=1S/C33H44N4O5/c1-5-24(21-38)37-28(30(40)35-23-14-16-25(17-15-23)36(7-3)8-4)33-19-18-32(6-2,42-33)26(27(33)31(37)41)29(39)34-20-22-12-10-9-11-13-22/h9-17,24,26-28,38H,5-8,18-21H2,1-4H3,(H,34,39)(H,35,40)/t24-,26+,27-,28?,32-,33?/m0/s1. The first-order chi connectivity index (χ1) is 20.3. The molecule has 3 fully saturated rings. The molecule has 3 amide bonds. The number of nitrogens with zero attached hydrogens (tertiary/aromatic N) is 2. The van der Waals surface area contributed by atoms with E-state index >= 15 is 0 Å². The Bertz CT molecular complexity index is 1280. The molecule has 2 unspecified atom stereocenters. The van der Waals surface area contributed by atoms with Gasteiger partial charge in [0.05, 0.1) is 30.1 Å². The van der Waals surface area contributed by atoms with E-state index in [0.717, 1.165) is 24.3 Å². The number of hydrogen-bond donors (Lipinski definition) is 3. The molecule has 6 atom stereocenters. The van der Waals surface area contributed by atoms with Gasteiger partial charge in [0.2, 0.25) is 17.7 Å². The third kappa shape index (κ3) is 4.86. The summed E-state index contributed by atoms with van der Waals surface area (Å²) in [6.45, 7) is 9.88. The van der Waals surface area contributed by atoms with Gasteiger partial charge < -0.3 is 30.3 Å². The summed E-state index contributed by atoms with van der Waals surface area (Å²) in [4.78, 5) is 46.1. The van der Waals surface area contributed by atoms with Gasteiger partial charge in [0, 0.05) is 31.0 Å². The van der Waals surface area contributed by atoms with Crippen LogP contribution in [0.15, 0.2) is 54.6 Å². The summed E-state index contributed by atoms with van der Waals surface area (Å²) in [5.74, 6) is -2.40. The lowest BCUT2D eigenvalue weighted by Crippen LogP contribution is -2.56. The number of aliphatic hydroxyl groups excluding tert-OH is 1. The summed E-state index contributed by atoms with van der Waals surface area (Å²) in [6.07, 6.45) is 2.11. The van der Waals surface area contributed by atoms with Crippen LogP contribution in [0, 0.1) is 11.8 Å². The first kappa shape index (κ1) is 30.0. The van der Waals surface area contributed by atoms with Crippen LogP contribution in [0.5, 0.6) is 0 Å². The molecule has 2 aromatic rings. The summed E-state index contributed by atoms with van der Waals surface area (Å²) in [5.41, 5.74) is 0.682. The van der Waals surface area contributed by atoms with Crippen molar-refractivity contribution in [3.8, 4) is 0 Å². The second-order valence-corrected chi connectivity index (χ2v) is 11.7. The van der Waals surface area contributed by atoms with Gasteiger partial charge in [-0.15, -0.1) is 0 Å². The van der Waals surface area contributed by atoms with Crippen LogP contribution >= 0.6 is 0 Å². The fraction of sp³-hybridized carbons (Fsp3) is 0.545. The second-order valence-electron chi connectivity index (χ2n) is 11.7. The molecular formula is C33H44N4O5. The fourth-order valence-corrected chi connectivity index (χ4v) is 7.61. The Labute approximate surface area is 248 Å². The normalized spacial score (nSPS) is 28.5. The van der Waals surface area contributed by atoms with Crippen molar-refractivity contribution >= 4 is 29.1 Å². The monoisotopic (exact) mass is 576 g/mol. The molecule has 0 saturated carbocycles. The van der Waals surface area contributed by atoms with Crippen LogP contribution in [0.2, 0.25) is 0 Å². The number of fused-ring (bicyclic) bond motifs is 1. The van der Waals surface area contributed by atoms with Gasteiger partial charge >= 0.3 is 0 Å². The molecule has 3 aliphatic heterocycles. The Kier molecular flexibility index (Phi) is 8.62. The highest BCUT2D eigenvalue weighted by atomic mass is 16.5. The van der Waals surface area contributed by atoms with Gasteiger partial charge in [0.1, 0.15) is 11.6 Å². The van der Waals surface area contributed by atoms with E-state index in [-0.39, 0.29) is 24.3 Å². The Balaban J connectivity index is 1.46. The summed E-state index contributed by atoms with van der Waals surface area (Å²) >= 11 is 0. The average Bonchev–Trinajstić information content (AvgIpc) is 3.62. The zero-order valence-electron chi connectivity index (χ0n) is 25.1. The van der Waals surface area contributed by atoms with Crippen molar-refractivity contribution in [2.24, 2.45) is 11.8 Å². The molecule has 3 aliphatic rings. The first-order valence-corrected chi connectivity index (χ1v) is 15.4. The zero-order valence-corrected chi connectivity index (χ0v) is 25.1. The lowest BCUT2D eigenvalue weighted by atomic mass is 9.65. The highest BCUT2D eigenvalue weighted by Crippen LogP contribution is 2.64. The van der Waals surface area contributed by atoms with E-state index in [1.807, 2.05) is 68.4 Å². The molecule has 3 N–H and O–H groups in total. The topological polar surface area (TPSA) is 111 Å².